The van der Waals surface area contributed by atoms with Crippen molar-refractivity contribution >= 4 is 52.7 Å². The third kappa shape index (κ3) is 9.64. The molecule has 2 aliphatic heterocycles. The molecule has 56 heavy (non-hydrogen) atoms. The van der Waals surface area contributed by atoms with E-state index in [9.17, 15) is 51.0 Å². The minimum Gasteiger partial charge on any atom is -0.508 e. The molecule has 0 amide bonds. The van der Waals surface area contributed by atoms with E-state index in [1.54, 1.807) is 12.1 Å². The number of carbonyl (C=O) groups excluding carboxylic acids is 5. The van der Waals surface area contributed by atoms with Crippen molar-refractivity contribution in [2.24, 2.45) is 0 Å². The first kappa shape index (κ1) is 42.1. The Kier molecular flexibility index (Phi) is 13.4. The fourth-order valence-electron chi connectivity index (χ4n) is 7.50. The molecule has 0 fully saturated rings. The lowest BCUT2D eigenvalue weighted by Gasteiger charge is -2.47. The number of benzene rings is 3. The van der Waals surface area contributed by atoms with E-state index in [1.165, 1.54) is 17.0 Å². The number of anilines is 1. The second-order valence-electron chi connectivity index (χ2n) is 14.1. The van der Waals surface area contributed by atoms with Crippen molar-refractivity contribution in [1.82, 2.24) is 14.7 Å². The molecule has 2 aliphatic rings. The summed E-state index contributed by atoms with van der Waals surface area (Å²) in [6, 6.07) is 5.51. The van der Waals surface area contributed by atoms with Crippen LogP contribution in [0, 0.1) is 0 Å². The molecule has 0 saturated carbocycles. The first-order valence-corrected chi connectivity index (χ1v) is 17.7. The van der Waals surface area contributed by atoms with Crippen LogP contribution in [-0.2, 0) is 40.7 Å². The van der Waals surface area contributed by atoms with E-state index in [4.69, 9.17) is 9.47 Å². The Morgan fingerprint density at radius 2 is 1.30 bits per heavy atom. The molecule has 17 heteroatoms. The number of phenolic OH excluding ortho intramolecular Hbond substituents is 1. The van der Waals surface area contributed by atoms with Gasteiger partial charge in [0.2, 0.25) is 5.72 Å². The van der Waals surface area contributed by atoms with Crippen molar-refractivity contribution in [3.05, 3.63) is 71.3 Å². The third-order valence-electron chi connectivity index (χ3n) is 9.99. The van der Waals surface area contributed by atoms with Crippen LogP contribution in [0.25, 0.3) is 16.8 Å². The van der Waals surface area contributed by atoms with E-state index in [1.807, 2.05) is 55.2 Å². The van der Waals surface area contributed by atoms with Crippen LogP contribution in [-0.4, -0.2) is 128 Å². The molecule has 1 unspecified atom stereocenters. The van der Waals surface area contributed by atoms with E-state index in [0.29, 0.717) is 34.2 Å². The average molecular weight is 789 g/mol. The maximum absolute atomic E-state index is 13.7. The number of hydrogen-bond donors (Lipinski definition) is 1. The Bertz CT molecular complexity index is 2000. The highest BCUT2D eigenvalue weighted by Crippen LogP contribution is 2.55. The third-order valence-corrected chi connectivity index (χ3v) is 9.99. The number of aromatic hydroxyl groups is 1. The maximum atomic E-state index is 13.7. The molecule has 3 aromatic carbocycles. The van der Waals surface area contributed by atoms with Gasteiger partial charge in [0, 0.05) is 44.0 Å². The van der Waals surface area contributed by atoms with Crippen molar-refractivity contribution < 1.29 is 60.5 Å². The minimum atomic E-state index is -1.80. The van der Waals surface area contributed by atoms with Gasteiger partial charge >= 0.3 is 30.2 Å². The standard InChI is InChI=1S/C39H41F5N4O8/c1-38(2)30-5-3-4-6-31(30)48(14-16-55-15-13-47(23-36(43)53)24-37(44)54)39(38)10-9-28-29-18-26(49)17-25(27(29)7-8-32(28)56-39)19-45(20-33(40)50)11-12-46(21-34(41)51)22-35(42)52/h3-10,17-18,49H,11-16,19-24H2,1-2H3. The SMILES string of the molecule is CC1(C)c2ccccc2N(CCOCCN(CC(=O)F)CC(=O)F)C12C=Cc1c(ccc3c(CN(CCN(CC(=O)F)CC(=O)F)CC(=O)F)cc(O)cc13)O2. The first-order valence-electron chi connectivity index (χ1n) is 17.7. The maximum Gasteiger partial charge on any atom is 0.315 e. The average Bonchev–Trinajstić information content (AvgIpc) is 3.27. The lowest BCUT2D eigenvalue weighted by Crippen LogP contribution is -2.60. The highest BCUT2D eigenvalue weighted by atomic mass is 19.2. The number of rotatable bonds is 21. The Hall–Kier alpha value is -5.10. The summed E-state index contributed by atoms with van der Waals surface area (Å²) < 4.78 is 78.6. The van der Waals surface area contributed by atoms with Gasteiger partial charge in [-0.25, -0.2) is 0 Å². The highest BCUT2D eigenvalue weighted by Gasteiger charge is 2.58. The molecule has 2 heterocycles. The molecule has 3 aromatic rings. The number of ether oxygens (including phenoxy) is 2. The predicted molar refractivity (Wildman–Crippen MR) is 194 cm³/mol. The smallest absolute Gasteiger partial charge is 0.315 e. The number of fused-ring (bicyclic) bond motifs is 4. The first-order chi connectivity index (χ1) is 26.5. The Morgan fingerprint density at radius 3 is 1.93 bits per heavy atom. The fourth-order valence-corrected chi connectivity index (χ4v) is 7.50. The quantitative estimate of drug-likeness (QED) is 0.0934. The summed E-state index contributed by atoms with van der Waals surface area (Å²) >= 11 is 0. The number of halogens is 5. The van der Waals surface area contributed by atoms with Crippen LogP contribution in [0.4, 0.5) is 27.6 Å². The molecule has 0 saturated heterocycles. The van der Waals surface area contributed by atoms with Gasteiger partial charge in [-0.2, -0.15) is 22.0 Å². The molecule has 0 radical (unpaired) electrons. The van der Waals surface area contributed by atoms with Crippen molar-refractivity contribution in [2.75, 3.05) is 77.0 Å². The van der Waals surface area contributed by atoms with Crippen LogP contribution in [0.15, 0.2) is 54.6 Å². The monoisotopic (exact) mass is 788 g/mol. The number of hydrogen-bond acceptors (Lipinski definition) is 12. The largest absolute Gasteiger partial charge is 0.508 e. The number of phenols is 1. The van der Waals surface area contributed by atoms with Gasteiger partial charge in [0.15, 0.2) is 0 Å². The van der Waals surface area contributed by atoms with Gasteiger partial charge in [-0.1, -0.05) is 24.3 Å². The fraction of sp³-hybridized carbons (Fsp3) is 0.410. The summed E-state index contributed by atoms with van der Waals surface area (Å²) in [6.07, 6.45) is 3.77. The van der Waals surface area contributed by atoms with Crippen LogP contribution < -0.4 is 9.64 Å². The van der Waals surface area contributed by atoms with E-state index < -0.39 is 74.0 Å². The zero-order valence-corrected chi connectivity index (χ0v) is 30.7. The lowest BCUT2D eigenvalue weighted by molar-refractivity contribution is -0.135. The number of nitrogens with zero attached hydrogens (tertiary/aromatic N) is 4. The van der Waals surface area contributed by atoms with Gasteiger partial charge in [-0.3, -0.25) is 38.7 Å². The zero-order valence-electron chi connectivity index (χ0n) is 30.7. The molecule has 300 valence electrons. The molecule has 0 aliphatic carbocycles. The normalized spacial score (nSPS) is 16.8. The lowest BCUT2D eigenvalue weighted by atomic mass is 9.76. The van der Waals surface area contributed by atoms with Crippen LogP contribution in [0.2, 0.25) is 0 Å². The van der Waals surface area contributed by atoms with Gasteiger partial charge in [0.25, 0.3) is 0 Å². The van der Waals surface area contributed by atoms with E-state index >= 15 is 0 Å². The minimum absolute atomic E-state index is 0.0203. The van der Waals surface area contributed by atoms with Crippen molar-refractivity contribution in [3.8, 4) is 11.5 Å². The Morgan fingerprint density at radius 1 is 0.732 bits per heavy atom. The molecule has 12 nitrogen and oxygen atoms in total. The van der Waals surface area contributed by atoms with E-state index in [-0.39, 0.29) is 45.1 Å². The molecule has 1 spiro atoms. The Balaban J connectivity index is 1.41. The van der Waals surface area contributed by atoms with Gasteiger partial charge in [0.1, 0.15) is 11.5 Å². The second kappa shape index (κ2) is 17.8. The Labute approximate surface area is 319 Å². The summed E-state index contributed by atoms with van der Waals surface area (Å²) in [5.74, 6) is 0.315. The van der Waals surface area contributed by atoms with Gasteiger partial charge in [-0.15, -0.1) is 0 Å². The summed E-state index contributed by atoms with van der Waals surface area (Å²) in [5, 5.41) is 12.0. The van der Waals surface area contributed by atoms with Crippen LogP contribution >= 0.6 is 0 Å². The summed E-state index contributed by atoms with van der Waals surface area (Å²) in [7, 11) is 0. The molecule has 1 atom stereocenters. The molecule has 0 bridgehead atoms. The van der Waals surface area contributed by atoms with Crippen LogP contribution in [0.5, 0.6) is 11.5 Å². The predicted octanol–water partition coefficient (Wildman–Crippen LogP) is 4.35. The molecular formula is C39H41F5N4O8. The number of carbonyl (C=O) groups is 5. The summed E-state index contributed by atoms with van der Waals surface area (Å²) in [5.41, 5.74) is 1.19. The van der Waals surface area contributed by atoms with Crippen molar-refractivity contribution in [2.45, 2.75) is 31.5 Å². The van der Waals surface area contributed by atoms with E-state index in [2.05, 4.69) is 0 Å². The van der Waals surface area contributed by atoms with Gasteiger partial charge in [-0.05, 0) is 72.2 Å². The molecule has 1 N–H and O–H groups in total. The summed E-state index contributed by atoms with van der Waals surface area (Å²) in [4.78, 5) is 60.8. The van der Waals surface area contributed by atoms with Crippen molar-refractivity contribution in [3.63, 3.8) is 0 Å². The van der Waals surface area contributed by atoms with Gasteiger partial charge < -0.3 is 19.5 Å². The molecular weight excluding hydrogens is 747 g/mol. The zero-order chi connectivity index (χ0) is 40.8. The van der Waals surface area contributed by atoms with Gasteiger partial charge in [0.05, 0.1) is 51.4 Å². The van der Waals surface area contributed by atoms with Crippen LogP contribution in [0.3, 0.4) is 0 Å². The second-order valence-corrected chi connectivity index (χ2v) is 14.1. The van der Waals surface area contributed by atoms with Crippen molar-refractivity contribution in [1.29, 1.82) is 0 Å². The molecule has 5 rings (SSSR count). The topological polar surface area (TPSA) is 137 Å². The molecule has 0 aromatic heterocycles. The number of para-hydroxylation sites is 1. The van der Waals surface area contributed by atoms with Crippen LogP contribution in [0.1, 0.15) is 30.5 Å². The highest BCUT2D eigenvalue weighted by molar-refractivity contribution is 5.97. The summed E-state index contributed by atoms with van der Waals surface area (Å²) in [6.45, 7) is -0.0515. The van der Waals surface area contributed by atoms with E-state index in [0.717, 1.165) is 21.1 Å².